The molecule has 6 nitrogen and oxygen atoms in total. The Morgan fingerprint density at radius 3 is 2.67 bits per heavy atom. The van der Waals surface area contributed by atoms with E-state index in [0.29, 0.717) is 29.7 Å². The summed E-state index contributed by atoms with van der Waals surface area (Å²) in [6.45, 7) is 5.91. The number of aromatic nitrogens is 3. The Balaban J connectivity index is 0.00000306. The summed E-state index contributed by atoms with van der Waals surface area (Å²) < 4.78 is 8.42. The van der Waals surface area contributed by atoms with E-state index in [-0.39, 0.29) is 18.3 Å². The standard InChI is InChI=1S/C24H25ClN4O2S.ClH/c1-3-31-19-8-6-18(7-9-19)15-21(30)29(13-4-12-28-14-11-26-16-28)24-27-22-17(2)5-10-20(25)23(22)32-24;/h5-11,14,16H,3-4,12-13,15H2,1-2H3;1H. The van der Waals surface area contributed by atoms with Crippen LogP contribution in [0.5, 0.6) is 5.75 Å². The number of anilines is 1. The third kappa shape index (κ3) is 6.05. The lowest BCUT2D eigenvalue weighted by molar-refractivity contribution is -0.118. The van der Waals surface area contributed by atoms with Gasteiger partial charge in [-0.1, -0.05) is 41.1 Å². The minimum absolute atomic E-state index is 0. The highest BCUT2D eigenvalue weighted by atomic mass is 35.5. The van der Waals surface area contributed by atoms with Crippen LogP contribution in [0.2, 0.25) is 5.02 Å². The highest BCUT2D eigenvalue weighted by Crippen LogP contribution is 2.36. The topological polar surface area (TPSA) is 60.2 Å². The predicted octanol–water partition coefficient (Wildman–Crippen LogP) is 5.94. The minimum atomic E-state index is 0. The van der Waals surface area contributed by atoms with Gasteiger partial charge in [0.15, 0.2) is 5.13 Å². The second kappa shape index (κ2) is 11.5. The molecule has 0 atom stereocenters. The maximum atomic E-state index is 13.4. The summed E-state index contributed by atoms with van der Waals surface area (Å²) in [6.07, 6.45) is 6.54. The molecule has 0 radical (unpaired) electrons. The van der Waals surface area contributed by atoms with Gasteiger partial charge >= 0.3 is 0 Å². The van der Waals surface area contributed by atoms with Crippen LogP contribution in [0.25, 0.3) is 10.2 Å². The molecule has 1 amide bonds. The molecular weight excluding hydrogens is 479 g/mol. The SMILES string of the molecule is CCOc1ccc(CC(=O)N(CCCn2ccnc2)c2nc3c(C)ccc(Cl)c3s2)cc1.Cl. The van der Waals surface area contributed by atoms with E-state index in [1.807, 2.05) is 61.0 Å². The zero-order valence-corrected chi connectivity index (χ0v) is 20.9. The fourth-order valence-electron chi connectivity index (χ4n) is 3.50. The quantitative estimate of drug-likeness (QED) is 0.283. The number of halogens is 2. The Hall–Kier alpha value is -2.61. The number of rotatable bonds is 9. The minimum Gasteiger partial charge on any atom is -0.494 e. The van der Waals surface area contributed by atoms with Crippen LogP contribution in [0, 0.1) is 6.92 Å². The number of carbonyl (C=O) groups is 1. The first kappa shape index (κ1) is 25.0. The van der Waals surface area contributed by atoms with Gasteiger partial charge in [-0.15, -0.1) is 12.4 Å². The molecule has 0 fully saturated rings. The second-order valence-corrected chi connectivity index (χ2v) is 8.88. The molecule has 9 heteroatoms. The number of carbonyl (C=O) groups excluding carboxylic acids is 1. The Bertz CT molecular complexity index is 1150. The van der Waals surface area contributed by atoms with Crippen molar-refractivity contribution in [2.75, 3.05) is 18.1 Å². The number of imidazole rings is 1. The first-order chi connectivity index (χ1) is 15.5. The summed E-state index contributed by atoms with van der Waals surface area (Å²) in [7, 11) is 0. The third-order valence-electron chi connectivity index (χ3n) is 5.16. The first-order valence-electron chi connectivity index (χ1n) is 10.6. The van der Waals surface area contributed by atoms with Crippen molar-refractivity contribution in [3.05, 3.63) is 71.3 Å². The van der Waals surface area contributed by atoms with Gasteiger partial charge in [0.2, 0.25) is 5.91 Å². The van der Waals surface area contributed by atoms with Gasteiger partial charge in [-0.3, -0.25) is 9.69 Å². The van der Waals surface area contributed by atoms with Crippen LogP contribution in [-0.2, 0) is 17.8 Å². The molecule has 0 bridgehead atoms. The van der Waals surface area contributed by atoms with Crippen molar-refractivity contribution >= 4 is 56.6 Å². The molecule has 0 aliphatic rings. The largest absolute Gasteiger partial charge is 0.494 e. The van der Waals surface area contributed by atoms with Crippen molar-refractivity contribution in [1.29, 1.82) is 0 Å². The second-order valence-electron chi connectivity index (χ2n) is 7.49. The van der Waals surface area contributed by atoms with Gasteiger partial charge in [0.1, 0.15) is 5.75 Å². The summed E-state index contributed by atoms with van der Waals surface area (Å²) in [5, 5.41) is 1.34. The molecule has 0 aliphatic heterocycles. The van der Waals surface area contributed by atoms with Gasteiger partial charge in [0, 0.05) is 25.5 Å². The number of thiazole rings is 1. The van der Waals surface area contributed by atoms with E-state index < -0.39 is 0 Å². The molecule has 0 aliphatic carbocycles. The van der Waals surface area contributed by atoms with Crippen molar-refractivity contribution < 1.29 is 9.53 Å². The number of hydrogen-bond acceptors (Lipinski definition) is 5. The zero-order chi connectivity index (χ0) is 22.5. The normalized spacial score (nSPS) is 10.8. The molecule has 0 spiro atoms. The Morgan fingerprint density at radius 2 is 2.00 bits per heavy atom. The fraction of sp³-hybridized carbons (Fsp3) is 0.292. The number of benzene rings is 2. The van der Waals surface area contributed by atoms with E-state index in [0.717, 1.165) is 40.1 Å². The van der Waals surface area contributed by atoms with Crippen LogP contribution in [0.15, 0.2) is 55.1 Å². The average molecular weight is 505 g/mol. The summed E-state index contributed by atoms with van der Waals surface area (Å²) in [6, 6.07) is 11.5. The van der Waals surface area contributed by atoms with Crippen molar-refractivity contribution in [3.63, 3.8) is 0 Å². The maximum absolute atomic E-state index is 13.4. The predicted molar refractivity (Wildman–Crippen MR) is 137 cm³/mol. The molecular formula is C24H26Cl2N4O2S. The van der Waals surface area contributed by atoms with E-state index >= 15 is 0 Å². The van der Waals surface area contributed by atoms with Crippen LogP contribution in [-0.4, -0.2) is 33.6 Å². The average Bonchev–Trinajstić information content (AvgIpc) is 3.46. The van der Waals surface area contributed by atoms with Crippen molar-refractivity contribution in [3.8, 4) is 5.75 Å². The molecule has 4 aromatic rings. The highest BCUT2D eigenvalue weighted by molar-refractivity contribution is 7.23. The molecule has 2 heterocycles. The van der Waals surface area contributed by atoms with Crippen LogP contribution in [0.3, 0.4) is 0 Å². The van der Waals surface area contributed by atoms with Gasteiger partial charge in [-0.2, -0.15) is 0 Å². The van der Waals surface area contributed by atoms with Crippen LogP contribution in [0.4, 0.5) is 5.13 Å². The van der Waals surface area contributed by atoms with Crippen LogP contribution < -0.4 is 9.64 Å². The molecule has 0 saturated heterocycles. The van der Waals surface area contributed by atoms with Gasteiger partial charge in [-0.25, -0.2) is 9.97 Å². The van der Waals surface area contributed by atoms with Gasteiger partial charge in [-0.05, 0) is 49.6 Å². The van der Waals surface area contributed by atoms with Gasteiger partial charge in [0.05, 0.1) is 34.6 Å². The summed E-state index contributed by atoms with van der Waals surface area (Å²) in [5.74, 6) is 0.810. The van der Waals surface area contributed by atoms with Crippen LogP contribution in [0.1, 0.15) is 24.5 Å². The number of aryl methyl sites for hydroxylation is 2. The summed E-state index contributed by atoms with van der Waals surface area (Å²) in [5.41, 5.74) is 2.84. The summed E-state index contributed by atoms with van der Waals surface area (Å²) >= 11 is 7.88. The smallest absolute Gasteiger partial charge is 0.233 e. The lowest BCUT2D eigenvalue weighted by Gasteiger charge is -2.20. The third-order valence-corrected chi connectivity index (χ3v) is 6.70. The molecule has 2 aromatic carbocycles. The van der Waals surface area contributed by atoms with E-state index in [4.69, 9.17) is 21.3 Å². The van der Waals surface area contributed by atoms with E-state index in [2.05, 4.69) is 4.98 Å². The summed E-state index contributed by atoms with van der Waals surface area (Å²) in [4.78, 5) is 24.0. The highest BCUT2D eigenvalue weighted by Gasteiger charge is 2.21. The molecule has 2 aromatic heterocycles. The van der Waals surface area contributed by atoms with E-state index in [1.54, 1.807) is 17.4 Å². The number of ether oxygens (including phenoxy) is 1. The molecule has 0 N–H and O–H groups in total. The van der Waals surface area contributed by atoms with Crippen molar-refractivity contribution in [1.82, 2.24) is 14.5 Å². The maximum Gasteiger partial charge on any atom is 0.233 e. The van der Waals surface area contributed by atoms with Gasteiger partial charge in [0.25, 0.3) is 0 Å². The Kier molecular flexibility index (Phi) is 8.72. The molecule has 174 valence electrons. The number of hydrogen-bond donors (Lipinski definition) is 0. The van der Waals surface area contributed by atoms with E-state index in [9.17, 15) is 4.79 Å². The fourth-order valence-corrected chi connectivity index (χ4v) is 4.86. The van der Waals surface area contributed by atoms with Gasteiger partial charge < -0.3 is 9.30 Å². The van der Waals surface area contributed by atoms with Crippen LogP contribution >= 0.6 is 35.3 Å². The monoisotopic (exact) mass is 504 g/mol. The molecule has 4 rings (SSSR count). The lowest BCUT2D eigenvalue weighted by atomic mass is 10.1. The van der Waals surface area contributed by atoms with Crippen molar-refractivity contribution in [2.45, 2.75) is 33.2 Å². The molecule has 0 unspecified atom stereocenters. The molecule has 0 saturated carbocycles. The first-order valence-corrected chi connectivity index (χ1v) is 11.8. The van der Waals surface area contributed by atoms with E-state index in [1.165, 1.54) is 11.3 Å². The zero-order valence-electron chi connectivity index (χ0n) is 18.5. The van der Waals surface area contributed by atoms with Crippen molar-refractivity contribution in [2.24, 2.45) is 0 Å². The number of fused-ring (bicyclic) bond motifs is 1. The Morgan fingerprint density at radius 1 is 1.21 bits per heavy atom. The number of nitrogens with zero attached hydrogens (tertiary/aromatic N) is 4. The lowest BCUT2D eigenvalue weighted by Crippen LogP contribution is -2.33. The molecule has 33 heavy (non-hydrogen) atoms. The Labute approximate surface area is 208 Å². The number of amides is 1.